The Kier molecular flexibility index (Phi) is 5.28. The highest BCUT2D eigenvalue weighted by Gasteiger charge is 2.38. The molecular weight excluding hydrogens is 299 g/mol. The smallest absolute Gasteiger partial charge is 0.490 e. The van der Waals surface area contributed by atoms with Crippen LogP contribution in [0.3, 0.4) is 0 Å². The van der Waals surface area contributed by atoms with Gasteiger partial charge in [-0.2, -0.15) is 13.2 Å². The zero-order valence-corrected chi connectivity index (χ0v) is 11.8. The van der Waals surface area contributed by atoms with Crippen molar-refractivity contribution in [3.05, 3.63) is 30.3 Å². The summed E-state index contributed by atoms with van der Waals surface area (Å²) < 4.78 is 37.7. The molecule has 1 aromatic rings. The monoisotopic (exact) mass is 317 g/mol. The second-order valence-electron chi connectivity index (χ2n) is 5.47. The van der Waals surface area contributed by atoms with Gasteiger partial charge < -0.3 is 15.2 Å². The van der Waals surface area contributed by atoms with E-state index in [4.69, 9.17) is 14.6 Å². The summed E-state index contributed by atoms with van der Waals surface area (Å²) in [5.74, 6) is -1.74. The molecule has 22 heavy (non-hydrogen) atoms. The van der Waals surface area contributed by atoms with E-state index in [1.54, 1.807) is 0 Å². The number of aliphatic carboxylic acids is 1. The standard InChI is InChI=1S/C13H17NO.C2HF3O2/c1-2-4-12(5-3-1)15-13-8-10-6-7-11(9-13)14-10;3-2(4,5)1(6)7/h1-5,10-11,13-14H,6-9H2;(H,6,7)/t10-,11+,13-;. The first kappa shape index (κ1) is 16.6. The maximum atomic E-state index is 10.6. The Labute approximate surface area is 126 Å². The van der Waals surface area contributed by atoms with E-state index in [0.29, 0.717) is 18.2 Å². The maximum Gasteiger partial charge on any atom is 0.490 e. The van der Waals surface area contributed by atoms with Crippen molar-refractivity contribution >= 4 is 5.97 Å². The molecule has 0 amide bonds. The molecule has 1 aromatic carbocycles. The zero-order chi connectivity index (χ0) is 16.2. The van der Waals surface area contributed by atoms with Crippen LogP contribution in [0.5, 0.6) is 5.75 Å². The van der Waals surface area contributed by atoms with Crippen LogP contribution in [-0.2, 0) is 4.79 Å². The van der Waals surface area contributed by atoms with Gasteiger partial charge in [0.25, 0.3) is 0 Å². The van der Waals surface area contributed by atoms with Gasteiger partial charge >= 0.3 is 12.1 Å². The van der Waals surface area contributed by atoms with Crippen LogP contribution in [0.1, 0.15) is 25.7 Å². The highest BCUT2D eigenvalue weighted by atomic mass is 19.4. The summed E-state index contributed by atoms with van der Waals surface area (Å²) >= 11 is 0. The van der Waals surface area contributed by atoms with Gasteiger partial charge in [0.1, 0.15) is 11.9 Å². The van der Waals surface area contributed by atoms with Gasteiger partial charge in [-0.05, 0) is 37.8 Å². The molecule has 2 bridgehead atoms. The summed E-state index contributed by atoms with van der Waals surface area (Å²) in [5, 5.41) is 10.8. The maximum absolute atomic E-state index is 10.6. The molecule has 3 rings (SSSR count). The van der Waals surface area contributed by atoms with Crippen molar-refractivity contribution in [2.24, 2.45) is 0 Å². The average molecular weight is 317 g/mol. The molecule has 2 N–H and O–H groups in total. The molecule has 122 valence electrons. The van der Waals surface area contributed by atoms with E-state index >= 15 is 0 Å². The number of benzene rings is 1. The van der Waals surface area contributed by atoms with Crippen LogP contribution in [-0.4, -0.2) is 35.4 Å². The third-order valence-electron chi connectivity index (χ3n) is 3.72. The first-order valence-electron chi connectivity index (χ1n) is 7.12. The number of carboxylic acids is 1. The average Bonchev–Trinajstić information content (AvgIpc) is 2.79. The quantitative estimate of drug-likeness (QED) is 0.880. The Morgan fingerprint density at radius 3 is 2.09 bits per heavy atom. The van der Waals surface area contributed by atoms with E-state index in [1.807, 2.05) is 30.3 Å². The molecule has 0 unspecified atom stereocenters. The molecule has 2 aliphatic heterocycles. The molecule has 0 aromatic heterocycles. The highest BCUT2D eigenvalue weighted by Crippen LogP contribution is 2.29. The van der Waals surface area contributed by atoms with Crippen molar-refractivity contribution < 1.29 is 27.8 Å². The largest absolute Gasteiger partial charge is 0.490 e. The summed E-state index contributed by atoms with van der Waals surface area (Å²) in [6.45, 7) is 0. The lowest BCUT2D eigenvalue weighted by molar-refractivity contribution is -0.192. The summed E-state index contributed by atoms with van der Waals surface area (Å²) in [4.78, 5) is 8.90. The molecule has 2 aliphatic rings. The summed E-state index contributed by atoms with van der Waals surface area (Å²) in [5.41, 5.74) is 0. The van der Waals surface area contributed by atoms with Crippen LogP contribution in [0.4, 0.5) is 13.2 Å². The van der Waals surface area contributed by atoms with Gasteiger partial charge in [-0.15, -0.1) is 0 Å². The van der Waals surface area contributed by atoms with Crippen LogP contribution in [0, 0.1) is 0 Å². The van der Waals surface area contributed by atoms with Crippen LogP contribution in [0.2, 0.25) is 0 Å². The minimum Gasteiger partial charge on any atom is -0.490 e. The van der Waals surface area contributed by atoms with Crippen molar-refractivity contribution in [1.29, 1.82) is 0 Å². The number of halogens is 3. The summed E-state index contributed by atoms with van der Waals surface area (Å²) in [6.07, 6.45) is 0.348. The van der Waals surface area contributed by atoms with Gasteiger partial charge in [0.15, 0.2) is 0 Å². The van der Waals surface area contributed by atoms with Crippen molar-refractivity contribution in [1.82, 2.24) is 5.32 Å². The first-order chi connectivity index (χ1) is 10.3. The van der Waals surface area contributed by atoms with E-state index in [1.165, 1.54) is 25.7 Å². The highest BCUT2D eigenvalue weighted by molar-refractivity contribution is 5.73. The van der Waals surface area contributed by atoms with Crippen molar-refractivity contribution in [2.45, 2.75) is 50.0 Å². The second-order valence-corrected chi connectivity index (χ2v) is 5.47. The number of carbonyl (C=O) groups is 1. The minimum atomic E-state index is -5.08. The molecule has 7 heteroatoms. The van der Waals surface area contributed by atoms with Gasteiger partial charge in [-0.25, -0.2) is 4.79 Å². The number of rotatable bonds is 2. The Bertz CT molecular complexity index is 481. The number of para-hydroxylation sites is 1. The fourth-order valence-corrected chi connectivity index (χ4v) is 2.79. The molecule has 3 atom stereocenters. The third-order valence-corrected chi connectivity index (χ3v) is 3.72. The lowest BCUT2D eigenvalue weighted by atomic mass is 10.0. The fourth-order valence-electron chi connectivity index (χ4n) is 2.79. The van der Waals surface area contributed by atoms with Crippen LogP contribution in [0.25, 0.3) is 0 Å². The molecule has 0 radical (unpaired) electrons. The number of fused-ring (bicyclic) bond motifs is 2. The second kappa shape index (κ2) is 7.00. The Morgan fingerprint density at radius 1 is 1.14 bits per heavy atom. The molecule has 0 spiro atoms. The lowest BCUT2D eigenvalue weighted by Crippen LogP contribution is -2.42. The summed E-state index contributed by atoms with van der Waals surface area (Å²) in [7, 11) is 0. The molecule has 0 aliphatic carbocycles. The van der Waals surface area contributed by atoms with Gasteiger partial charge in [0.05, 0.1) is 0 Å². The molecule has 2 heterocycles. The van der Waals surface area contributed by atoms with Crippen molar-refractivity contribution in [3.63, 3.8) is 0 Å². The Morgan fingerprint density at radius 2 is 1.64 bits per heavy atom. The molecule has 0 saturated carbocycles. The number of piperidine rings is 1. The fraction of sp³-hybridized carbons (Fsp3) is 0.533. The van der Waals surface area contributed by atoms with Crippen molar-refractivity contribution in [2.75, 3.05) is 0 Å². The van der Waals surface area contributed by atoms with Crippen LogP contribution < -0.4 is 10.1 Å². The lowest BCUT2D eigenvalue weighted by Gasteiger charge is -2.29. The normalized spacial score (nSPS) is 26.8. The van der Waals surface area contributed by atoms with Gasteiger partial charge in [0.2, 0.25) is 0 Å². The number of ether oxygens (including phenoxy) is 1. The van der Waals surface area contributed by atoms with Gasteiger partial charge in [0, 0.05) is 12.1 Å². The number of alkyl halides is 3. The molecule has 2 fully saturated rings. The zero-order valence-electron chi connectivity index (χ0n) is 11.8. The predicted octanol–water partition coefficient (Wildman–Crippen LogP) is 2.98. The van der Waals surface area contributed by atoms with Crippen LogP contribution in [0.15, 0.2) is 30.3 Å². The van der Waals surface area contributed by atoms with Crippen LogP contribution >= 0.6 is 0 Å². The number of nitrogens with one attached hydrogen (secondary N) is 1. The molecular formula is C15H18F3NO3. The van der Waals surface area contributed by atoms with Gasteiger partial charge in [-0.3, -0.25) is 0 Å². The minimum absolute atomic E-state index is 0.422. The Balaban J connectivity index is 0.000000217. The number of hydrogen-bond acceptors (Lipinski definition) is 3. The molecule has 2 saturated heterocycles. The first-order valence-corrected chi connectivity index (χ1v) is 7.12. The molecule has 4 nitrogen and oxygen atoms in total. The van der Waals surface area contributed by atoms with Gasteiger partial charge in [-0.1, -0.05) is 18.2 Å². The third kappa shape index (κ3) is 4.91. The predicted molar refractivity (Wildman–Crippen MR) is 73.7 cm³/mol. The SMILES string of the molecule is O=C(O)C(F)(F)F.c1ccc(O[C@@H]2C[C@H]3CC[C@@H](C2)N3)cc1. The van der Waals surface area contributed by atoms with E-state index in [9.17, 15) is 13.2 Å². The van der Waals surface area contributed by atoms with E-state index < -0.39 is 12.1 Å². The summed E-state index contributed by atoms with van der Waals surface area (Å²) in [6, 6.07) is 11.6. The van der Waals surface area contributed by atoms with Crippen molar-refractivity contribution in [3.8, 4) is 5.75 Å². The van der Waals surface area contributed by atoms with E-state index in [2.05, 4.69) is 5.32 Å². The van der Waals surface area contributed by atoms with E-state index in [-0.39, 0.29) is 0 Å². The number of carboxylic acid groups (broad SMARTS) is 1. The Hall–Kier alpha value is -1.76. The van der Waals surface area contributed by atoms with E-state index in [0.717, 1.165) is 5.75 Å². The number of hydrogen-bond donors (Lipinski definition) is 2. The topological polar surface area (TPSA) is 58.6 Å².